The molecule has 3 aliphatic heterocycles. The first-order chi connectivity index (χ1) is 12.8. The molecule has 0 bridgehead atoms. The zero-order valence-corrected chi connectivity index (χ0v) is 16.5. The van der Waals surface area contributed by atoms with Crippen LogP contribution in [-0.2, 0) is 4.74 Å². The highest BCUT2D eigenvalue weighted by atomic mass is 16.5. The molecule has 3 aliphatic rings. The second-order valence-electron chi connectivity index (χ2n) is 8.68. The van der Waals surface area contributed by atoms with Crippen molar-refractivity contribution in [2.45, 2.75) is 43.8 Å². The maximum absolute atomic E-state index is 10.5. The second-order valence-corrected chi connectivity index (χ2v) is 8.68. The smallest absolute Gasteiger partial charge is 0.223 e. The van der Waals surface area contributed by atoms with Crippen LogP contribution in [0.3, 0.4) is 0 Å². The van der Waals surface area contributed by atoms with Gasteiger partial charge in [0, 0.05) is 51.8 Å². The summed E-state index contributed by atoms with van der Waals surface area (Å²) in [5, 5.41) is 10.5. The van der Waals surface area contributed by atoms with E-state index in [2.05, 4.69) is 37.8 Å². The Balaban J connectivity index is 1.45. The molecule has 1 atom stereocenters. The summed E-state index contributed by atoms with van der Waals surface area (Å²) in [5.74, 6) is 2.15. The zero-order valence-electron chi connectivity index (χ0n) is 16.5. The van der Waals surface area contributed by atoms with Gasteiger partial charge in [0.15, 0.2) is 0 Å². The van der Waals surface area contributed by atoms with Crippen LogP contribution in [0, 0.1) is 0 Å². The molecule has 0 radical (unpaired) electrons. The Morgan fingerprint density at radius 1 is 1.00 bits per heavy atom. The number of hydrogen-bond donors (Lipinski definition) is 2. The molecule has 150 valence electrons. The molecule has 3 saturated heterocycles. The zero-order chi connectivity index (χ0) is 19.1. The fourth-order valence-electron chi connectivity index (χ4n) is 4.58. The summed E-state index contributed by atoms with van der Waals surface area (Å²) in [5.41, 5.74) is 5.21. The third kappa shape index (κ3) is 4.12. The predicted octanol–water partition coefficient (Wildman–Crippen LogP) is 0.711. The number of rotatable bonds is 2. The van der Waals surface area contributed by atoms with Crippen molar-refractivity contribution in [2.24, 2.45) is 0 Å². The number of hydrogen-bond acceptors (Lipinski definition) is 8. The molecule has 27 heavy (non-hydrogen) atoms. The molecular weight excluding hydrogens is 344 g/mol. The number of piperazine rings is 1. The lowest BCUT2D eigenvalue weighted by molar-refractivity contribution is -0.162. The molecule has 8 heteroatoms. The van der Waals surface area contributed by atoms with E-state index in [0.29, 0.717) is 19.0 Å². The Morgan fingerprint density at radius 2 is 1.59 bits per heavy atom. The first-order valence-corrected chi connectivity index (χ1v) is 10.0. The SMILES string of the molecule is CN1CCN(c2cc(N3CCC4(CC3)CC(C)(O)CCO4)nc(N)n2)CC1. The van der Waals surface area contributed by atoms with Gasteiger partial charge in [0.25, 0.3) is 0 Å². The minimum atomic E-state index is -0.617. The quantitative estimate of drug-likeness (QED) is 0.780. The van der Waals surface area contributed by atoms with Gasteiger partial charge in [-0.1, -0.05) is 0 Å². The molecule has 1 unspecified atom stereocenters. The van der Waals surface area contributed by atoms with Gasteiger partial charge in [-0.15, -0.1) is 0 Å². The van der Waals surface area contributed by atoms with Gasteiger partial charge in [-0.25, -0.2) is 0 Å². The number of piperidine rings is 1. The van der Waals surface area contributed by atoms with E-state index < -0.39 is 5.60 Å². The maximum atomic E-state index is 10.5. The van der Waals surface area contributed by atoms with E-state index >= 15 is 0 Å². The molecule has 0 amide bonds. The Kier molecular flexibility index (Phi) is 4.90. The van der Waals surface area contributed by atoms with Crippen LogP contribution in [0.5, 0.6) is 0 Å². The average molecular weight is 377 g/mol. The molecule has 1 spiro atoms. The van der Waals surface area contributed by atoms with Gasteiger partial charge in [-0.3, -0.25) is 0 Å². The van der Waals surface area contributed by atoms with Crippen molar-refractivity contribution in [3.8, 4) is 0 Å². The Morgan fingerprint density at radius 3 is 2.19 bits per heavy atom. The highest BCUT2D eigenvalue weighted by Crippen LogP contribution is 2.40. The van der Waals surface area contributed by atoms with E-state index in [1.807, 2.05) is 6.92 Å². The van der Waals surface area contributed by atoms with Crippen molar-refractivity contribution in [1.29, 1.82) is 0 Å². The molecule has 0 aromatic carbocycles. The number of aliphatic hydroxyl groups is 1. The van der Waals surface area contributed by atoms with Crippen LogP contribution in [0.4, 0.5) is 17.6 Å². The van der Waals surface area contributed by atoms with Gasteiger partial charge in [0.1, 0.15) is 11.6 Å². The fourth-order valence-corrected chi connectivity index (χ4v) is 4.58. The summed E-state index contributed by atoms with van der Waals surface area (Å²) < 4.78 is 6.12. The monoisotopic (exact) mass is 376 g/mol. The van der Waals surface area contributed by atoms with Crippen LogP contribution in [0.1, 0.15) is 32.6 Å². The van der Waals surface area contributed by atoms with E-state index in [1.54, 1.807) is 0 Å². The molecular formula is C19H32N6O2. The minimum Gasteiger partial charge on any atom is -0.390 e. The number of likely N-dealkylation sites (N-methyl/N-ethyl adjacent to an activating group) is 1. The third-order valence-electron chi connectivity index (χ3n) is 6.29. The maximum Gasteiger partial charge on any atom is 0.223 e. The van der Waals surface area contributed by atoms with E-state index in [0.717, 1.165) is 70.2 Å². The third-order valence-corrected chi connectivity index (χ3v) is 6.29. The van der Waals surface area contributed by atoms with E-state index in [-0.39, 0.29) is 5.60 Å². The number of nitrogens with two attached hydrogens (primary N) is 1. The number of nitrogens with zero attached hydrogens (tertiary/aromatic N) is 5. The van der Waals surface area contributed by atoms with Gasteiger partial charge in [-0.05, 0) is 33.2 Å². The summed E-state index contributed by atoms with van der Waals surface area (Å²) in [6.45, 7) is 8.25. The van der Waals surface area contributed by atoms with Crippen LogP contribution in [0.2, 0.25) is 0 Å². The minimum absolute atomic E-state index is 0.197. The van der Waals surface area contributed by atoms with Crippen LogP contribution < -0.4 is 15.5 Å². The van der Waals surface area contributed by atoms with E-state index in [9.17, 15) is 5.11 Å². The van der Waals surface area contributed by atoms with Crippen LogP contribution >= 0.6 is 0 Å². The lowest BCUT2D eigenvalue weighted by atomic mass is 9.78. The van der Waals surface area contributed by atoms with Crippen LogP contribution in [-0.4, -0.2) is 84.1 Å². The molecule has 3 N–H and O–H groups in total. The fraction of sp³-hybridized carbons (Fsp3) is 0.789. The first kappa shape index (κ1) is 18.7. The standard InChI is InChI=1S/C19H32N6O2/c1-18(26)5-12-27-19(14-18)3-6-24(7-4-19)15-13-16(22-17(20)21-15)25-10-8-23(2)9-11-25/h13,26H,3-12,14H2,1-2H3,(H2,20,21,22). The molecule has 0 aliphatic carbocycles. The lowest BCUT2D eigenvalue weighted by Crippen LogP contribution is -2.53. The lowest BCUT2D eigenvalue weighted by Gasteiger charge is -2.48. The second kappa shape index (κ2) is 7.07. The summed E-state index contributed by atoms with van der Waals surface area (Å²) in [7, 11) is 2.14. The molecule has 8 nitrogen and oxygen atoms in total. The number of aromatic nitrogens is 2. The summed E-state index contributed by atoms with van der Waals surface area (Å²) >= 11 is 0. The molecule has 4 heterocycles. The van der Waals surface area contributed by atoms with Crippen molar-refractivity contribution in [2.75, 3.05) is 68.5 Å². The Bertz CT molecular complexity index is 666. The number of nitrogen functional groups attached to an aromatic ring is 1. The van der Waals surface area contributed by atoms with Gasteiger partial charge >= 0.3 is 0 Å². The van der Waals surface area contributed by atoms with Gasteiger partial charge < -0.3 is 30.3 Å². The molecule has 1 aromatic rings. The van der Waals surface area contributed by atoms with Crippen molar-refractivity contribution in [1.82, 2.24) is 14.9 Å². The summed E-state index contributed by atoms with van der Waals surface area (Å²) in [6, 6.07) is 2.07. The molecule has 4 rings (SSSR count). The highest BCUT2D eigenvalue weighted by molar-refractivity contribution is 5.54. The predicted molar refractivity (Wildman–Crippen MR) is 106 cm³/mol. The largest absolute Gasteiger partial charge is 0.390 e. The van der Waals surface area contributed by atoms with E-state index in [1.165, 1.54) is 0 Å². The van der Waals surface area contributed by atoms with Crippen molar-refractivity contribution in [3.63, 3.8) is 0 Å². The molecule has 0 saturated carbocycles. The highest BCUT2D eigenvalue weighted by Gasteiger charge is 2.44. The van der Waals surface area contributed by atoms with Crippen molar-refractivity contribution < 1.29 is 9.84 Å². The topological polar surface area (TPSA) is 91.0 Å². The molecule has 1 aromatic heterocycles. The van der Waals surface area contributed by atoms with Gasteiger partial charge in [0.2, 0.25) is 5.95 Å². The summed E-state index contributed by atoms with van der Waals surface area (Å²) in [6.07, 6.45) is 3.23. The summed E-state index contributed by atoms with van der Waals surface area (Å²) in [4.78, 5) is 15.8. The van der Waals surface area contributed by atoms with Crippen LogP contribution in [0.25, 0.3) is 0 Å². The first-order valence-electron chi connectivity index (χ1n) is 10.0. The number of ether oxygens (including phenoxy) is 1. The average Bonchev–Trinajstić information content (AvgIpc) is 2.61. The van der Waals surface area contributed by atoms with E-state index in [4.69, 9.17) is 10.5 Å². The van der Waals surface area contributed by atoms with Crippen LogP contribution in [0.15, 0.2) is 6.07 Å². The Labute approximate surface area is 161 Å². The van der Waals surface area contributed by atoms with Gasteiger partial charge in [-0.2, -0.15) is 9.97 Å². The van der Waals surface area contributed by atoms with Crippen molar-refractivity contribution in [3.05, 3.63) is 6.07 Å². The van der Waals surface area contributed by atoms with Gasteiger partial charge in [0.05, 0.1) is 17.8 Å². The normalized spacial score (nSPS) is 29.3. The Hall–Kier alpha value is -1.64. The molecule has 3 fully saturated rings. The van der Waals surface area contributed by atoms with Crippen molar-refractivity contribution >= 4 is 17.6 Å². The number of anilines is 3.